The summed E-state index contributed by atoms with van der Waals surface area (Å²) in [7, 11) is 3.34. The molecular weight excluding hydrogens is 324 g/mol. The third kappa shape index (κ3) is 4.01. The first kappa shape index (κ1) is 19.4. The number of hydrogen-bond donors (Lipinski definition) is 2. The fraction of sp³-hybridized carbons (Fsp3) is 0.706. The number of aromatic nitrogens is 4. The Labute approximate surface area is 146 Å². The Kier molecular flexibility index (Phi) is 5.53. The van der Waals surface area contributed by atoms with Crippen molar-refractivity contribution < 1.29 is 10.2 Å². The maximum atomic E-state index is 12.6. The largest absolute Gasteiger partial charge is 0.390 e. The van der Waals surface area contributed by atoms with Crippen LogP contribution in [0.15, 0.2) is 15.9 Å². The molecule has 2 N–H and O–H groups in total. The smallest absolute Gasteiger partial charge is 0.332 e. The van der Waals surface area contributed by atoms with Crippen LogP contribution in [-0.2, 0) is 20.6 Å². The molecule has 0 aromatic carbocycles. The summed E-state index contributed by atoms with van der Waals surface area (Å²) in [5.41, 5.74) is -1.04. The molecular formula is C17H28N4O4. The zero-order valence-corrected chi connectivity index (χ0v) is 15.6. The lowest BCUT2D eigenvalue weighted by atomic mass is 9.92. The minimum Gasteiger partial charge on any atom is -0.390 e. The first-order valence-corrected chi connectivity index (χ1v) is 8.55. The van der Waals surface area contributed by atoms with Crippen molar-refractivity contribution in [1.29, 1.82) is 0 Å². The molecule has 2 aromatic rings. The molecule has 0 saturated heterocycles. The van der Waals surface area contributed by atoms with E-state index in [1.807, 2.05) is 6.92 Å². The highest BCUT2D eigenvalue weighted by Gasteiger charge is 2.24. The molecule has 2 aromatic heterocycles. The van der Waals surface area contributed by atoms with Crippen molar-refractivity contribution in [2.24, 2.45) is 20.0 Å². The van der Waals surface area contributed by atoms with Crippen molar-refractivity contribution in [2.75, 3.05) is 0 Å². The van der Waals surface area contributed by atoms with Crippen molar-refractivity contribution in [3.8, 4) is 0 Å². The fourth-order valence-electron chi connectivity index (χ4n) is 2.88. The van der Waals surface area contributed by atoms with Gasteiger partial charge in [0.2, 0.25) is 0 Å². The first-order chi connectivity index (χ1) is 11.5. The zero-order valence-electron chi connectivity index (χ0n) is 15.6. The summed E-state index contributed by atoms with van der Waals surface area (Å²) in [4.78, 5) is 29.1. The van der Waals surface area contributed by atoms with Gasteiger partial charge in [0.15, 0.2) is 11.2 Å². The molecule has 2 atom stereocenters. The van der Waals surface area contributed by atoms with Crippen LogP contribution < -0.4 is 11.2 Å². The first-order valence-electron chi connectivity index (χ1n) is 8.55. The van der Waals surface area contributed by atoms with Gasteiger partial charge in [-0.3, -0.25) is 13.9 Å². The van der Waals surface area contributed by atoms with E-state index in [9.17, 15) is 19.8 Å². The molecule has 0 saturated carbocycles. The molecule has 1 unspecified atom stereocenters. The third-order valence-electron chi connectivity index (χ3n) is 4.79. The minimum absolute atomic E-state index is 0.204. The summed E-state index contributed by atoms with van der Waals surface area (Å²) >= 11 is 0. The zero-order chi connectivity index (χ0) is 18.9. The summed E-state index contributed by atoms with van der Waals surface area (Å²) in [5, 5.41) is 19.7. The Morgan fingerprint density at radius 3 is 2.44 bits per heavy atom. The van der Waals surface area contributed by atoms with Crippen LogP contribution in [0.25, 0.3) is 11.2 Å². The lowest BCUT2D eigenvalue weighted by Crippen LogP contribution is -2.40. The third-order valence-corrected chi connectivity index (χ3v) is 4.79. The maximum Gasteiger partial charge on any atom is 0.332 e. The van der Waals surface area contributed by atoms with Crippen molar-refractivity contribution >= 4 is 11.2 Å². The van der Waals surface area contributed by atoms with Gasteiger partial charge < -0.3 is 14.8 Å². The molecule has 2 heterocycles. The normalized spacial score (nSPS) is 14.8. The molecule has 0 aliphatic carbocycles. The molecule has 0 spiro atoms. The second-order valence-electron chi connectivity index (χ2n) is 7.47. The molecule has 8 nitrogen and oxygen atoms in total. The van der Waals surface area contributed by atoms with E-state index in [0.29, 0.717) is 37.0 Å². The molecule has 8 heteroatoms. The number of aryl methyl sites for hydroxylation is 2. The highest BCUT2D eigenvalue weighted by atomic mass is 16.3. The van der Waals surface area contributed by atoms with Crippen LogP contribution in [-0.4, -0.2) is 40.6 Å². The van der Waals surface area contributed by atoms with Crippen LogP contribution in [0.3, 0.4) is 0 Å². The Hall–Kier alpha value is -1.93. The van der Waals surface area contributed by atoms with Crippen molar-refractivity contribution in [2.45, 2.75) is 58.3 Å². The van der Waals surface area contributed by atoms with E-state index in [1.165, 1.54) is 15.5 Å². The van der Waals surface area contributed by atoms with Gasteiger partial charge in [-0.05, 0) is 39.0 Å². The highest BCUT2D eigenvalue weighted by Crippen LogP contribution is 2.18. The van der Waals surface area contributed by atoms with Gasteiger partial charge in [0.25, 0.3) is 5.56 Å². The average molecular weight is 352 g/mol. The summed E-state index contributed by atoms with van der Waals surface area (Å²) in [6.45, 7) is 5.48. The van der Waals surface area contributed by atoms with E-state index in [0.717, 1.165) is 0 Å². The van der Waals surface area contributed by atoms with E-state index >= 15 is 0 Å². The van der Waals surface area contributed by atoms with E-state index in [4.69, 9.17) is 0 Å². The fourth-order valence-corrected chi connectivity index (χ4v) is 2.88. The van der Waals surface area contributed by atoms with Gasteiger partial charge in [-0.2, -0.15) is 0 Å². The Morgan fingerprint density at radius 1 is 1.20 bits per heavy atom. The van der Waals surface area contributed by atoms with Gasteiger partial charge >= 0.3 is 5.69 Å². The number of fused-ring (bicyclic) bond motifs is 1. The van der Waals surface area contributed by atoms with Gasteiger partial charge in [-0.25, -0.2) is 9.78 Å². The van der Waals surface area contributed by atoms with E-state index < -0.39 is 11.7 Å². The number of aliphatic hydroxyl groups excluding tert-OH is 1. The second-order valence-corrected chi connectivity index (χ2v) is 7.47. The lowest BCUT2D eigenvalue weighted by Gasteiger charge is -2.25. The quantitative estimate of drug-likeness (QED) is 0.750. The molecule has 0 aliphatic rings. The number of aliphatic hydroxyl groups is 2. The van der Waals surface area contributed by atoms with Crippen molar-refractivity contribution in [3.63, 3.8) is 0 Å². The molecule has 0 fully saturated rings. The van der Waals surface area contributed by atoms with Crippen LogP contribution in [0.1, 0.15) is 40.0 Å². The summed E-state index contributed by atoms with van der Waals surface area (Å²) in [6, 6.07) is 0. The minimum atomic E-state index is -1.13. The molecule has 0 bridgehead atoms. The number of rotatable bonds is 7. The maximum absolute atomic E-state index is 12.6. The summed E-state index contributed by atoms with van der Waals surface area (Å²) in [6.07, 6.45) is 2.54. The molecule has 25 heavy (non-hydrogen) atoms. The lowest BCUT2D eigenvalue weighted by molar-refractivity contribution is -0.0535. The van der Waals surface area contributed by atoms with Crippen LogP contribution in [0, 0.1) is 5.92 Å². The summed E-state index contributed by atoms with van der Waals surface area (Å²) in [5.74, 6) is 0.204. The Morgan fingerprint density at radius 2 is 1.84 bits per heavy atom. The van der Waals surface area contributed by atoms with Gasteiger partial charge in [0.05, 0.1) is 18.0 Å². The number of hydrogen-bond acceptors (Lipinski definition) is 5. The van der Waals surface area contributed by atoms with Crippen LogP contribution in [0.5, 0.6) is 0 Å². The van der Waals surface area contributed by atoms with Gasteiger partial charge in [-0.15, -0.1) is 0 Å². The number of imidazole rings is 1. The van der Waals surface area contributed by atoms with Crippen molar-refractivity contribution in [3.05, 3.63) is 27.2 Å². The van der Waals surface area contributed by atoms with Crippen LogP contribution in [0.2, 0.25) is 0 Å². The van der Waals surface area contributed by atoms with Gasteiger partial charge in [-0.1, -0.05) is 6.92 Å². The molecule has 0 aliphatic heterocycles. The molecule has 2 rings (SSSR count). The van der Waals surface area contributed by atoms with E-state index in [-0.39, 0.29) is 17.2 Å². The van der Waals surface area contributed by atoms with E-state index in [2.05, 4.69) is 4.98 Å². The SMILES string of the molecule is C[C@@H](CCC(O)C(C)(C)O)CCn1c(=O)c2c(ncn2C)n(C)c1=O. The Bertz CT molecular complexity index is 856. The average Bonchev–Trinajstić information content (AvgIpc) is 2.91. The predicted molar refractivity (Wildman–Crippen MR) is 95.5 cm³/mol. The predicted octanol–water partition coefficient (Wildman–Crippen LogP) is 0.372. The van der Waals surface area contributed by atoms with Crippen LogP contribution in [0.4, 0.5) is 0 Å². The molecule has 0 radical (unpaired) electrons. The second kappa shape index (κ2) is 7.13. The molecule has 140 valence electrons. The van der Waals surface area contributed by atoms with Crippen molar-refractivity contribution in [1.82, 2.24) is 18.7 Å². The molecule has 0 amide bonds. The van der Waals surface area contributed by atoms with Gasteiger partial charge in [0, 0.05) is 20.6 Å². The number of nitrogens with zero attached hydrogens (tertiary/aromatic N) is 4. The van der Waals surface area contributed by atoms with Crippen LogP contribution >= 0.6 is 0 Å². The van der Waals surface area contributed by atoms with Gasteiger partial charge in [0.1, 0.15) is 0 Å². The topological polar surface area (TPSA) is 102 Å². The standard InChI is InChI=1S/C17H28N4O4/c1-11(6-7-12(22)17(2,3)25)8-9-21-15(23)13-14(18-10-19(13)4)20(5)16(21)24/h10-12,22,25H,6-9H2,1-5H3/t11-,12?/m0/s1. The monoisotopic (exact) mass is 352 g/mol. The Balaban J connectivity index is 2.12. The highest BCUT2D eigenvalue weighted by molar-refractivity contribution is 5.69. The van der Waals surface area contributed by atoms with E-state index in [1.54, 1.807) is 32.5 Å². The summed E-state index contributed by atoms with van der Waals surface area (Å²) < 4.78 is 4.25.